The molecule has 0 saturated heterocycles. The summed E-state index contributed by atoms with van der Waals surface area (Å²) < 4.78 is 0. The number of aryl methyl sites for hydroxylation is 3. The van der Waals surface area contributed by atoms with Crippen LogP contribution in [0.5, 0.6) is 0 Å². The summed E-state index contributed by atoms with van der Waals surface area (Å²) in [6.45, 7) is 6.59. The summed E-state index contributed by atoms with van der Waals surface area (Å²) >= 11 is 0. The van der Waals surface area contributed by atoms with Crippen molar-refractivity contribution in [1.82, 2.24) is 10.3 Å². The van der Waals surface area contributed by atoms with Crippen molar-refractivity contribution < 1.29 is 4.79 Å². The summed E-state index contributed by atoms with van der Waals surface area (Å²) in [5.41, 5.74) is 7.17. The van der Waals surface area contributed by atoms with Crippen LogP contribution in [-0.2, 0) is 6.54 Å². The van der Waals surface area contributed by atoms with Gasteiger partial charge in [0, 0.05) is 17.9 Å². The third-order valence-electron chi connectivity index (χ3n) is 4.32. The maximum atomic E-state index is 12.5. The maximum Gasteiger partial charge on any atom is 0.253 e. The zero-order valence-corrected chi connectivity index (χ0v) is 14.3. The second kappa shape index (κ2) is 6.75. The van der Waals surface area contributed by atoms with Gasteiger partial charge in [-0.25, -0.2) is 0 Å². The van der Waals surface area contributed by atoms with Gasteiger partial charge in [0.15, 0.2) is 0 Å². The summed E-state index contributed by atoms with van der Waals surface area (Å²) in [7, 11) is 0. The molecule has 0 aliphatic rings. The molecule has 1 amide bonds. The van der Waals surface area contributed by atoms with Crippen molar-refractivity contribution in [1.29, 1.82) is 0 Å². The van der Waals surface area contributed by atoms with Crippen LogP contribution in [0, 0.1) is 20.8 Å². The number of nitrogens with one attached hydrogen (secondary N) is 2. The molecule has 3 aromatic rings. The topological polar surface area (TPSA) is 44.9 Å². The second-order valence-electron chi connectivity index (χ2n) is 6.20. The van der Waals surface area contributed by atoms with Gasteiger partial charge in [0.05, 0.1) is 5.56 Å². The third-order valence-corrected chi connectivity index (χ3v) is 4.32. The molecule has 0 aliphatic carbocycles. The Labute approximate surface area is 142 Å². The van der Waals surface area contributed by atoms with E-state index in [-0.39, 0.29) is 5.91 Å². The molecule has 3 heteroatoms. The fraction of sp³-hybridized carbons (Fsp3) is 0.190. The predicted octanol–water partition coefficient (Wildman–Crippen LogP) is 4.54. The van der Waals surface area contributed by atoms with E-state index in [1.165, 1.54) is 11.1 Å². The monoisotopic (exact) mass is 318 g/mol. The molecule has 2 aromatic carbocycles. The first-order chi connectivity index (χ1) is 11.5. The molecule has 0 aliphatic heterocycles. The average molecular weight is 318 g/mol. The quantitative estimate of drug-likeness (QED) is 0.729. The van der Waals surface area contributed by atoms with Gasteiger partial charge in [-0.15, -0.1) is 0 Å². The molecule has 24 heavy (non-hydrogen) atoms. The standard InChI is InChI=1S/C21H22N2O/c1-14-8-10-17(11-9-14)20-12-19(16(3)23-20)21(24)22-13-18-7-5-4-6-15(18)2/h4-12,23H,13H2,1-3H3,(H,22,24). The minimum atomic E-state index is -0.0506. The lowest BCUT2D eigenvalue weighted by Crippen LogP contribution is -2.23. The minimum Gasteiger partial charge on any atom is -0.358 e. The average Bonchev–Trinajstić information content (AvgIpc) is 2.96. The molecular formula is C21H22N2O. The van der Waals surface area contributed by atoms with Gasteiger partial charge in [-0.05, 0) is 43.5 Å². The first-order valence-corrected chi connectivity index (χ1v) is 8.14. The number of aromatic amines is 1. The normalized spacial score (nSPS) is 10.6. The fourth-order valence-corrected chi connectivity index (χ4v) is 2.76. The van der Waals surface area contributed by atoms with E-state index in [9.17, 15) is 4.79 Å². The Balaban J connectivity index is 1.76. The predicted molar refractivity (Wildman–Crippen MR) is 98.1 cm³/mol. The number of H-pyrrole nitrogens is 1. The van der Waals surface area contributed by atoms with E-state index in [0.717, 1.165) is 22.5 Å². The van der Waals surface area contributed by atoms with E-state index in [2.05, 4.69) is 54.5 Å². The highest BCUT2D eigenvalue weighted by atomic mass is 16.1. The van der Waals surface area contributed by atoms with E-state index >= 15 is 0 Å². The van der Waals surface area contributed by atoms with E-state index in [1.807, 2.05) is 31.2 Å². The number of aromatic nitrogens is 1. The zero-order valence-electron chi connectivity index (χ0n) is 14.3. The number of carbonyl (C=O) groups excluding carboxylic acids is 1. The molecule has 0 radical (unpaired) electrons. The van der Waals surface area contributed by atoms with Gasteiger partial charge in [-0.2, -0.15) is 0 Å². The smallest absolute Gasteiger partial charge is 0.253 e. The first kappa shape index (κ1) is 16.1. The molecule has 3 rings (SSSR count). The highest BCUT2D eigenvalue weighted by molar-refractivity contribution is 5.96. The van der Waals surface area contributed by atoms with Gasteiger partial charge in [-0.1, -0.05) is 54.1 Å². The van der Waals surface area contributed by atoms with Crippen molar-refractivity contribution in [3.63, 3.8) is 0 Å². The lowest BCUT2D eigenvalue weighted by Gasteiger charge is -2.07. The largest absolute Gasteiger partial charge is 0.358 e. The number of amides is 1. The van der Waals surface area contributed by atoms with Crippen LogP contribution >= 0.6 is 0 Å². The molecule has 1 aromatic heterocycles. The van der Waals surface area contributed by atoms with E-state index in [4.69, 9.17) is 0 Å². The number of hydrogen-bond donors (Lipinski definition) is 2. The van der Waals surface area contributed by atoms with Crippen LogP contribution < -0.4 is 5.32 Å². The Morgan fingerprint density at radius 2 is 1.71 bits per heavy atom. The highest BCUT2D eigenvalue weighted by Crippen LogP contribution is 2.22. The Morgan fingerprint density at radius 3 is 2.42 bits per heavy atom. The van der Waals surface area contributed by atoms with Crippen LogP contribution in [0.25, 0.3) is 11.3 Å². The first-order valence-electron chi connectivity index (χ1n) is 8.14. The van der Waals surface area contributed by atoms with Gasteiger partial charge >= 0.3 is 0 Å². The molecule has 2 N–H and O–H groups in total. The maximum absolute atomic E-state index is 12.5. The minimum absolute atomic E-state index is 0.0506. The molecule has 3 nitrogen and oxygen atoms in total. The fourth-order valence-electron chi connectivity index (χ4n) is 2.76. The van der Waals surface area contributed by atoms with Gasteiger partial charge < -0.3 is 10.3 Å². The summed E-state index contributed by atoms with van der Waals surface area (Å²) in [5.74, 6) is -0.0506. The van der Waals surface area contributed by atoms with Gasteiger partial charge in [0.25, 0.3) is 5.91 Å². The Kier molecular flexibility index (Phi) is 4.52. The molecule has 0 bridgehead atoms. The molecular weight excluding hydrogens is 296 g/mol. The Hall–Kier alpha value is -2.81. The number of benzene rings is 2. The summed E-state index contributed by atoms with van der Waals surface area (Å²) in [5, 5.41) is 3.01. The molecule has 0 unspecified atom stereocenters. The highest BCUT2D eigenvalue weighted by Gasteiger charge is 2.13. The van der Waals surface area contributed by atoms with Gasteiger partial charge in [0.2, 0.25) is 0 Å². The van der Waals surface area contributed by atoms with Crippen molar-refractivity contribution in [3.8, 4) is 11.3 Å². The molecule has 0 fully saturated rings. The van der Waals surface area contributed by atoms with Crippen molar-refractivity contribution in [2.75, 3.05) is 0 Å². The lowest BCUT2D eigenvalue weighted by atomic mass is 10.1. The molecule has 122 valence electrons. The number of carbonyl (C=O) groups is 1. The van der Waals surface area contributed by atoms with Crippen LogP contribution in [-0.4, -0.2) is 10.9 Å². The molecule has 1 heterocycles. The van der Waals surface area contributed by atoms with Crippen LogP contribution in [0.4, 0.5) is 0 Å². The number of hydrogen-bond acceptors (Lipinski definition) is 1. The Morgan fingerprint density at radius 1 is 1.00 bits per heavy atom. The van der Waals surface area contributed by atoms with E-state index < -0.39 is 0 Å². The summed E-state index contributed by atoms with van der Waals surface area (Å²) in [6.07, 6.45) is 0. The van der Waals surface area contributed by atoms with Gasteiger partial charge in [0.1, 0.15) is 0 Å². The Bertz CT molecular complexity index is 860. The van der Waals surface area contributed by atoms with Crippen molar-refractivity contribution in [2.45, 2.75) is 27.3 Å². The van der Waals surface area contributed by atoms with Crippen molar-refractivity contribution >= 4 is 5.91 Å². The van der Waals surface area contributed by atoms with Crippen molar-refractivity contribution in [2.24, 2.45) is 0 Å². The zero-order chi connectivity index (χ0) is 17.1. The van der Waals surface area contributed by atoms with Crippen molar-refractivity contribution in [3.05, 3.63) is 82.5 Å². The van der Waals surface area contributed by atoms with E-state index in [0.29, 0.717) is 12.1 Å². The van der Waals surface area contributed by atoms with Crippen LogP contribution in [0.3, 0.4) is 0 Å². The van der Waals surface area contributed by atoms with E-state index in [1.54, 1.807) is 0 Å². The second-order valence-corrected chi connectivity index (χ2v) is 6.20. The lowest BCUT2D eigenvalue weighted by molar-refractivity contribution is 0.0950. The SMILES string of the molecule is Cc1ccc(-c2cc(C(=O)NCc3ccccc3C)c(C)[nH]2)cc1. The third kappa shape index (κ3) is 3.40. The molecule has 0 spiro atoms. The van der Waals surface area contributed by atoms with Crippen LogP contribution in [0.2, 0.25) is 0 Å². The number of rotatable bonds is 4. The van der Waals surface area contributed by atoms with Crippen LogP contribution in [0.1, 0.15) is 32.7 Å². The van der Waals surface area contributed by atoms with Crippen LogP contribution in [0.15, 0.2) is 54.6 Å². The summed E-state index contributed by atoms with van der Waals surface area (Å²) in [6, 6.07) is 18.3. The molecule has 0 atom stereocenters. The molecule has 0 saturated carbocycles. The summed E-state index contributed by atoms with van der Waals surface area (Å²) in [4.78, 5) is 15.8. The van der Waals surface area contributed by atoms with Gasteiger partial charge in [-0.3, -0.25) is 4.79 Å².